The van der Waals surface area contributed by atoms with Gasteiger partial charge in [-0.3, -0.25) is 4.79 Å². The number of carbonyl (C=O) groups is 1. The van der Waals surface area contributed by atoms with E-state index < -0.39 is 8.32 Å². The van der Waals surface area contributed by atoms with Crippen LogP contribution in [-0.4, -0.2) is 42.6 Å². The van der Waals surface area contributed by atoms with Crippen LogP contribution in [0.2, 0.25) is 18.1 Å². The van der Waals surface area contributed by atoms with E-state index >= 15 is 0 Å². The van der Waals surface area contributed by atoms with Gasteiger partial charge in [0.15, 0.2) is 8.32 Å². The van der Waals surface area contributed by atoms with Crippen molar-refractivity contribution in [1.82, 2.24) is 10.6 Å². The van der Waals surface area contributed by atoms with Crippen molar-refractivity contribution in [2.75, 3.05) is 6.54 Å². The fourth-order valence-corrected chi connectivity index (χ4v) is 9.37. The van der Waals surface area contributed by atoms with Crippen LogP contribution >= 0.6 is 0 Å². The number of carbonyl (C=O) groups excluding carboxylic acids is 1. The summed E-state index contributed by atoms with van der Waals surface area (Å²) in [6.07, 6.45) is 8.76. The average molecular weight is 607 g/mol. The van der Waals surface area contributed by atoms with E-state index in [1.807, 2.05) is 12.1 Å². The van der Waals surface area contributed by atoms with Gasteiger partial charge in [-0.1, -0.05) is 51.1 Å². The molecule has 4 aliphatic rings. The van der Waals surface area contributed by atoms with Gasteiger partial charge in [0.05, 0.1) is 19.1 Å². The molecule has 0 aromatic heterocycles. The number of nitrogens with one attached hydrogen (secondary N) is 2. The highest BCUT2D eigenvalue weighted by atomic mass is 28.4. The van der Waals surface area contributed by atoms with Gasteiger partial charge in [-0.2, -0.15) is 0 Å². The highest BCUT2D eigenvalue weighted by molar-refractivity contribution is 6.74. The molecular formula is C36H54N2O4Si. The molecular weight excluding hydrogens is 552 g/mol. The van der Waals surface area contributed by atoms with Crippen molar-refractivity contribution in [2.24, 2.45) is 17.8 Å². The maximum atomic E-state index is 13.2. The topological polar surface area (TPSA) is 90.8 Å². The van der Waals surface area contributed by atoms with Gasteiger partial charge in [-0.25, -0.2) is 0 Å². The normalized spacial score (nSPS) is 26.3. The first-order valence-electron chi connectivity index (χ1n) is 16.5. The summed E-state index contributed by atoms with van der Waals surface area (Å²) in [5, 5.41) is 27.2. The summed E-state index contributed by atoms with van der Waals surface area (Å²) in [7, 11) is -2.09. The number of phenols is 1. The summed E-state index contributed by atoms with van der Waals surface area (Å²) >= 11 is 0. The molecule has 2 aromatic rings. The Morgan fingerprint density at radius 2 is 1.65 bits per heavy atom. The highest BCUT2D eigenvalue weighted by Crippen LogP contribution is 2.55. The largest absolute Gasteiger partial charge is 0.508 e. The first-order valence-corrected chi connectivity index (χ1v) is 19.4. The van der Waals surface area contributed by atoms with Gasteiger partial charge in [-0.15, -0.1) is 0 Å². The minimum Gasteiger partial charge on any atom is -0.508 e. The Balaban J connectivity index is 1.19. The van der Waals surface area contributed by atoms with E-state index in [1.54, 1.807) is 6.07 Å². The minimum atomic E-state index is -2.09. The van der Waals surface area contributed by atoms with Crippen molar-refractivity contribution >= 4 is 14.2 Å². The molecule has 6 rings (SSSR count). The molecule has 0 heterocycles. The van der Waals surface area contributed by atoms with Crippen LogP contribution in [0.3, 0.4) is 0 Å². The lowest BCUT2D eigenvalue weighted by Crippen LogP contribution is -2.60. The summed E-state index contributed by atoms with van der Waals surface area (Å²) < 4.78 is 6.86. The predicted octanol–water partition coefficient (Wildman–Crippen LogP) is 6.80. The summed E-state index contributed by atoms with van der Waals surface area (Å²) in [6, 6.07) is 14.1. The molecule has 2 atom stereocenters. The van der Waals surface area contributed by atoms with Crippen molar-refractivity contribution in [2.45, 2.75) is 121 Å². The van der Waals surface area contributed by atoms with Gasteiger partial charge in [0.1, 0.15) is 5.75 Å². The minimum absolute atomic E-state index is 0.0516. The smallest absolute Gasteiger partial charge is 0.224 e. The molecule has 4 N–H and O–H groups in total. The van der Waals surface area contributed by atoms with Crippen LogP contribution < -0.4 is 10.6 Å². The number of benzene rings is 2. The molecule has 1 amide bonds. The molecule has 236 valence electrons. The van der Waals surface area contributed by atoms with E-state index in [2.05, 4.69) is 75.7 Å². The lowest BCUT2D eigenvalue weighted by Gasteiger charge is -2.56. The van der Waals surface area contributed by atoms with E-state index in [1.165, 1.54) is 44.1 Å². The lowest BCUT2D eigenvalue weighted by atomic mass is 9.53. The van der Waals surface area contributed by atoms with Gasteiger partial charge in [0, 0.05) is 23.7 Å². The molecule has 2 aromatic carbocycles. The molecule has 7 heteroatoms. The molecule has 4 bridgehead atoms. The number of aromatic hydroxyl groups is 1. The van der Waals surface area contributed by atoms with Crippen molar-refractivity contribution in [1.29, 1.82) is 0 Å². The molecule has 0 spiro atoms. The molecule has 0 aliphatic heterocycles. The second-order valence-corrected chi connectivity index (χ2v) is 20.4. The molecule has 0 saturated heterocycles. The first kappa shape index (κ1) is 32.2. The van der Waals surface area contributed by atoms with Crippen LogP contribution in [0.15, 0.2) is 42.5 Å². The van der Waals surface area contributed by atoms with Crippen molar-refractivity contribution < 1.29 is 19.4 Å². The molecule has 0 radical (unpaired) electrons. The number of hydrogen-bond donors (Lipinski definition) is 4. The van der Waals surface area contributed by atoms with E-state index in [0.29, 0.717) is 18.5 Å². The maximum absolute atomic E-state index is 13.2. The Morgan fingerprint density at radius 1 is 1.02 bits per heavy atom. The lowest BCUT2D eigenvalue weighted by molar-refractivity contribution is -0.126. The Labute approximate surface area is 260 Å². The van der Waals surface area contributed by atoms with Crippen LogP contribution in [-0.2, 0) is 28.7 Å². The summed E-state index contributed by atoms with van der Waals surface area (Å²) in [6.45, 7) is 13.8. The summed E-state index contributed by atoms with van der Waals surface area (Å²) in [5.41, 5.74) is 3.82. The van der Waals surface area contributed by atoms with Crippen LogP contribution in [0.5, 0.6) is 5.75 Å². The standard InChI is InChI=1S/C36H54N2O4Si/c1-24(37-22-33(42-43(5,6)35(2,3)4)30-10-11-32(40)31(18-30)23-39)12-25-8-7-9-26(13-25)17-34(41)38-36-19-27-14-28(20-36)16-29(15-27)21-36/h7-11,13,18,24,27-29,33,37,39-40H,12,14-17,19-23H2,1-6H3,(H,38,41)/t24-,27?,28?,29?,33-,36?/m1/s1. The van der Waals surface area contributed by atoms with E-state index in [4.69, 9.17) is 4.43 Å². The number of hydrogen-bond acceptors (Lipinski definition) is 5. The van der Waals surface area contributed by atoms with Gasteiger partial charge in [-0.05, 0) is 117 Å². The van der Waals surface area contributed by atoms with E-state index in [0.717, 1.165) is 35.3 Å². The van der Waals surface area contributed by atoms with Crippen LogP contribution in [0, 0.1) is 17.8 Å². The average Bonchev–Trinajstić information content (AvgIpc) is 2.89. The summed E-state index contributed by atoms with van der Waals surface area (Å²) in [5.74, 6) is 2.74. The fraction of sp³-hybridized carbons (Fsp3) is 0.639. The third-order valence-electron chi connectivity index (χ3n) is 10.9. The van der Waals surface area contributed by atoms with Crippen LogP contribution in [0.25, 0.3) is 0 Å². The Morgan fingerprint density at radius 3 is 2.26 bits per heavy atom. The quantitative estimate of drug-likeness (QED) is 0.200. The van der Waals surface area contributed by atoms with Gasteiger partial charge in [0.2, 0.25) is 5.91 Å². The number of rotatable bonds is 12. The molecule has 0 unspecified atom stereocenters. The molecule has 4 fully saturated rings. The van der Waals surface area contributed by atoms with Crippen molar-refractivity contribution in [3.8, 4) is 5.75 Å². The zero-order valence-electron chi connectivity index (χ0n) is 27.2. The van der Waals surface area contributed by atoms with Gasteiger partial charge < -0.3 is 25.3 Å². The second-order valence-electron chi connectivity index (χ2n) is 15.7. The highest BCUT2D eigenvalue weighted by Gasteiger charge is 2.51. The number of aliphatic hydroxyl groups excluding tert-OH is 1. The van der Waals surface area contributed by atoms with Crippen LogP contribution in [0.4, 0.5) is 0 Å². The molecule has 43 heavy (non-hydrogen) atoms. The Kier molecular flexibility index (Phi) is 9.48. The molecule has 4 aliphatic carbocycles. The van der Waals surface area contributed by atoms with E-state index in [-0.39, 0.29) is 41.0 Å². The zero-order valence-corrected chi connectivity index (χ0v) is 28.2. The Hall–Kier alpha value is -2.19. The third-order valence-corrected chi connectivity index (χ3v) is 15.4. The monoisotopic (exact) mass is 606 g/mol. The fourth-order valence-electron chi connectivity index (χ4n) is 8.08. The van der Waals surface area contributed by atoms with Gasteiger partial charge >= 0.3 is 0 Å². The molecule has 4 saturated carbocycles. The van der Waals surface area contributed by atoms with Crippen molar-refractivity contribution in [3.63, 3.8) is 0 Å². The summed E-state index contributed by atoms with van der Waals surface area (Å²) in [4.78, 5) is 13.2. The van der Waals surface area contributed by atoms with Crippen LogP contribution in [0.1, 0.15) is 94.6 Å². The number of amides is 1. The Bertz CT molecular complexity index is 1250. The number of aliphatic hydroxyl groups is 1. The first-order chi connectivity index (χ1) is 20.2. The predicted molar refractivity (Wildman–Crippen MR) is 175 cm³/mol. The second kappa shape index (κ2) is 12.7. The third kappa shape index (κ3) is 7.73. The van der Waals surface area contributed by atoms with Gasteiger partial charge in [0.25, 0.3) is 0 Å². The zero-order chi connectivity index (χ0) is 31.0. The van der Waals surface area contributed by atoms with Crippen molar-refractivity contribution in [3.05, 3.63) is 64.7 Å². The maximum Gasteiger partial charge on any atom is 0.224 e. The SMILES string of the molecule is C[C@H](Cc1cccc(CC(=O)NC23CC4CC(CC(C4)C2)C3)c1)NC[C@@H](O[Si](C)(C)C(C)(C)C)c1ccc(O)c(CO)c1. The van der Waals surface area contributed by atoms with E-state index in [9.17, 15) is 15.0 Å². The molecule has 6 nitrogen and oxygen atoms in total.